The molecule has 0 saturated heterocycles. The van der Waals surface area contributed by atoms with E-state index in [4.69, 9.17) is 18.9 Å². The Labute approximate surface area is 165 Å². The average Bonchev–Trinajstić information content (AvgIpc) is 2.71. The van der Waals surface area contributed by atoms with Gasteiger partial charge >= 0.3 is 0 Å². The molecule has 0 aliphatic rings. The zero-order valence-corrected chi connectivity index (χ0v) is 17.4. The van der Waals surface area contributed by atoms with E-state index in [-0.39, 0.29) is 5.75 Å². The second kappa shape index (κ2) is 9.36. The second-order valence-corrected chi connectivity index (χ2v) is 7.73. The normalized spacial score (nSPS) is 11.3. The van der Waals surface area contributed by atoms with E-state index in [1.165, 1.54) is 27.4 Å². The lowest BCUT2D eigenvalue weighted by molar-refractivity contribution is 0.374. The highest BCUT2D eigenvalue weighted by Gasteiger charge is 2.14. The van der Waals surface area contributed by atoms with E-state index in [1.54, 1.807) is 44.5 Å². The second-order valence-electron chi connectivity index (χ2n) is 5.84. The molecular weight excluding hydrogens is 382 g/mol. The standard InChI is InChI=1S/C20H25NO6S/c1-21-17-10-14(6-7-18(17)25-3)13-28(22,23)9-8-16-19(26-4)11-15(24-2)12-20(16)27-5/h6-12,21H,13H2,1-5H3. The highest BCUT2D eigenvalue weighted by Crippen LogP contribution is 2.35. The largest absolute Gasteiger partial charge is 0.496 e. The molecule has 0 unspecified atom stereocenters. The molecule has 0 heterocycles. The Kier molecular flexibility index (Phi) is 7.17. The first kappa shape index (κ1) is 21.4. The summed E-state index contributed by atoms with van der Waals surface area (Å²) < 4.78 is 46.3. The molecule has 0 radical (unpaired) electrons. The molecule has 0 saturated carbocycles. The van der Waals surface area contributed by atoms with Gasteiger partial charge in [-0.25, -0.2) is 8.42 Å². The summed E-state index contributed by atoms with van der Waals surface area (Å²) in [5.74, 6) is 1.94. The molecule has 0 aliphatic heterocycles. The van der Waals surface area contributed by atoms with Gasteiger partial charge < -0.3 is 24.3 Å². The Morgan fingerprint density at radius 3 is 2.00 bits per heavy atom. The SMILES string of the molecule is CNc1cc(CS(=O)(=O)C=Cc2c(OC)cc(OC)cc2OC)ccc1OC. The summed E-state index contributed by atoms with van der Waals surface area (Å²) in [7, 11) is 4.30. The zero-order chi connectivity index (χ0) is 20.7. The molecule has 7 nitrogen and oxygen atoms in total. The Morgan fingerprint density at radius 1 is 0.893 bits per heavy atom. The van der Waals surface area contributed by atoms with Crippen molar-refractivity contribution in [2.75, 3.05) is 40.8 Å². The predicted molar refractivity (Wildman–Crippen MR) is 110 cm³/mol. The van der Waals surface area contributed by atoms with Crippen molar-refractivity contribution in [3.8, 4) is 23.0 Å². The van der Waals surface area contributed by atoms with Crippen molar-refractivity contribution < 1.29 is 27.4 Å². The molecule has 0 bridgehead atoms. The number of methoxy groups -OCH3 is 4. The fourth-order valence-electron chi connectivity index (χ4n) is 2.69. The number of rotatable bonds is 9. The Balaban J connectivity index is 2.33. The van der Waals surface area contributed by atoms with Gasteiger partial charge in [0.05, 0.1) is 45.4 Å². The summed E-state index contributed by atoms with van der Waals surface area (Å²) in [5.41, 5.74) is 1.88. The first-order valence-electron chi connectivity index (χ1n) is 8.43. The van der Waals surface area contributed by atoms with Crippen molar-refractivity contribution >= 4 is 21.6 Å². The van der Waals surface area contributed by atoms with Gasteiger partial charge in [0, 0.05) is 24.6 Å². The van der Waals surface area contributed by atoms with Gasteiger partial charge in [-0.1, -0.05) is 6.07 Å². The van der Waals surface area contributed by atoms with Crippen LogP contribution in [0, 0.1) is 0 Å². The number of benzene rings is 2. The number of ether oxygens (including phenoxy) is 4. The van der Waals surface area contributed by atoms with Crippen molar-refractivity contribution in [3.05, 3.63) is 46.9 Å². The van der Waals surface area contributed by atoms with Gasteiger partial charge in [0.15, 0.2) is 9.84 Å². The van der Waals surface area contributed by atoms with Crippen LogP contribution in [-0.2, 0) is 15.6 Å². The van der Waals surface area contributed by atoms with Gasteiger partial charge in [-0.15, -0.1) is 0 Å². The molecular formula is C20H25NO6S. The average molecular weight is 407 g/mol. The van der Waals surface area contributed by atoms with E-state index < -0.39 is 9.84 Å². The van der Waals surface area contributed by atoms with Crippen LogP contribution in [-0.4, -0.2) is 43.9 Å². The summed E-state index contributed by atoms with van der Waals surface area (Å²) >= 11 is 0. The monoisotopic (exact) mass is 407 g/mol. The third kappa shape index (κ3) is 5.10. The highest BCUT2D eigenvalue weighted by molar-refractivity contribution is 7.93. The van der Waals surface area contributed by atoms with Crippen LogP contribution in [0.1, 0.15) is 11.1 Å². The molecule has 152 valence electrons. The van der Waals surface area contributed by atoms with Crippen molar-refractivity contribution in [2.24, 2.45) is 0 Å². The quantitative estimate of drug-likeness (QED) is 0.682. The molecule has 0 atom stereocenters. The number of nitrogens with one attached hydrogen (secondary N) is 1. The summed E-state index contributed by atoms with van der Waals surface area (Å²) in [5, 5.41) is 4.14. The molecule has 2 rings (SSSR count). The zero-order valence-electron chi connectivity index (χ0n) is 16.6. The van der Waals surface area contributed by atoms with Gasteiger partial charge in [0.1, 0.15) is 23.0 Å². The Bertz CT molecular complexity index is 928. The molecule has 8 heteroatoms. The minimum atomic E-state index is -3.53. The van der Waals surface area contributed by atoms with Crippen LogP contribution in [0.4, 0.5) is 5.69 Å². The first-order valence-corrected chi connectivity index (χ1v) is 10.1. The van der Waals surface area contributed by atoms with Gasteiger partial charge in [0.2, 0.25) is 0 Å². The molecule has 2 aromatic rings. The van der Waals surface area contributed by atoms with E-state index in [1.807, 2.05) is 0 Å². The molecule has 2 aromatic carbocycles. The molecule has 1 N–H and O–H groups in total. The lowest BCUT2D eigenvalue weighted by atomic mass is 10.1. The molecule has 0 spiro atoms. The summed E-state index contributed by atoms with van der Waals surface area (Å²) in [6.07, 6.45) is 1.47. The topological polar surface area (TPSA) is 83.1 Å². The van der Waals surface area contributed by atoms with Crippen molar-refractivity contribution in [2.45, 2.75) is 5.75 Å². The van der Waals surface area contributed by atoms with Crippen molar-refractivity contribution in [1.29, 1.82) is 0 Å². The molecule has 0 amide bonds. The molecule has 28 heavy (non-hydrogen) atoms. The Morgan fingerprint density at radius 2 is 1.50 bits per heavy atom. The van der Waals surface area contributed by atoms with E-state index >= 15 is 0 Å². The number of anilines is 1. The minimum Gasteiger partial charge on any atom is -0.496 e. The maximum atomic E-state index is 12.6. The lowest BCUT2D eigenvalue weighted by Gasteiger charge is -2.12. The van der Waals surface area contributed by atoms with Crippen LogP contribution in [0.3, 0.4) is 0 Å². The fraction of sp³-hybridized carbons (Fsp3) is 0.300. The van der Waals surface area contributed by atoms with Crippen LogP contribution in [0.25, 0.3) is 6.08 Å². The lowest BCUT2D eigenvalue weighted by Crippen LogP contribution is -2.02. The number of hydrogen-bond acceptors (Lipinski definition) is 7. The summed E-state index contributed by atoms with van der Waals surface area (Å²) in [6.45, 7) is 0. The van der Waals surface area contributed by atoms with Crippen LogP contribution in [0.5, 0.6) is 23.0 Å². The third-order valence-electron chi connectivity index (χ3n) is 4.10. The van der Waals surface area contributed by atoms with Crippen LogP contribution in [0.15, 0.2) is 35.7 Å². The van der Waals surface area contributed by atoms with E-state index in [2.05, 4.69) is 5.32 Å². The minimum absolute atomic E-state index is 0.150. The maximum Gasteiger partial charge on any atom is 0.175 e. The van der Waals surface area contributed by atoms with Gasteiger partial charge in [0.25, 0.3) is 0 Å². The smallest absolute Gasteiger partial charge is 0.175 e. The third-order valence-corrected chi connectivity index (χ3v) is 5.38. The van der Waals surface area contributed by atoms with Gasteiger partial charge in [-0.05, 0) is 23.8 Å². The van der Waals surface area contributed by atoms with E-state index in [0.717, 1.165) is 11.1 Å². The van der Waals surface area contributed by atoms with Crippen molar-refractivity contribution in [3.63, 3.8) is 0 Å². The van der Waals surface area contributed by atoms with Gasteiger partial charge in [-0.2, -0.15) is 0 Å². The molecule has 0 aliphatic carbocycles. The predicted octanol–water partition coefficient (Wildman–Crippen LogP) is 3.35. The Hall–Kier alpha value is -2.87. The van der Waals surface area contributed by atoms with Crippen molar-refractivity contribution in [1.82, 2.24) is 0 Å². The van der Waals surface area contributed by atoms with Crippen LogP contribution < -0.4 is 24.3 Å². The number of hydrogen-bond donors (Lipinski definition) is 1. The molecule has 0 fully saturated rings. The van der Waals surface area contributed by atoms with Crippen LogP contribution in [0.2, 0.25) is 0 Å². The molecule has 0 aromatic heterocycles. The van der Waals surface area contributed by atoms with Crippen LogP contribution >= 0.6 is 0 Å². The van der Waals surface area contributed by atoms with E-state index in [9.17, 15) is 8.42 Å². The fourth-order valence-corrected chi connectivity index (χ4v) is 3.77. The van der Waals surface area contributed by atoms with E-state index in [0.29, 0.717) is 34.1 Å². The highest BCUT2D eigenvalue weighted by atomic mass is 32.2. The summed E-state index contributed by atoms with van der Waals surface area (Å²) in [4.78, 5) is 0. The van der Waals surface area contributed by atoms with Gasteiger partial charge in [-0.3, -0.25) is 0 Å². The number of sulfone groups is 1. The maximum absolute atomic E-state index is 12.6. The first-order chi connectivity index (χ1) is 13.4. The summed E-state index contributed by atoms with van der Waals surface area (Å²) in [6, 6.07) is 8.53.